The van der Waals surface area contributed by atoms with Gasteiger partial charge in [-0.2, -0.15) is 0 Å². The van der Waals surface area contributed by atoms with Crippen LogP contribution in [0.2, 0.25) is 0 Å². The molecule has 0 spiro atoms. The molecule has 80 valence electrons. The molecule has 8 heteroatoms. The number of fused-ring (bicyclic) bond motifs is 1. The molecule has 0 saturated heterocycles. The van der Waals surface area contributed by atoms with Gasteiger partial charge in [-0.25, -0.2) is 9.66 Å². The highest BCUT2D eigenvalue weighted by Crippen LogP contribution is 2.19. The molecule has 0 saturated carbocycles. The zero-order valence-electron chi connectivity index (χ0n) is 8.11. The first kappa shape index (κ1) is 9.94. The number of nitrogens with one attached hydrogen (secondary N) is 1. The van der Waals surface area contributed by atoms with Crippen molar-refractivity contribution in [2.75, 3.05) is 12.1 Å². The number of imidazole rings is 1. The van der Waals surface area contributed by atoms with Gasteiger partial charge < -0.3 is 0 Å². The molecule has 0 amide bonds. The zero-order valence-corrected chi connectivity index (χ0v) is 8.11. The Hall–Kier alpha value is -2.60. The Labute approximate surface area is 89.5 Å². The van der Waals surface area contributed by atoms with Crippen LogP contribution < -0.4 is 5.43 Å². The molecular formula is C8H7N7O. The van der Waals surface area contributed by atoms with Crippen LogP contribution >= 0.6 is 0 Å². The molecule has 0 aliphatic carbocycles. The molecule has 0 aliphatic rings. The fourth-order valence-electron chi connectivity index (χ4n) is 1.38. The fourth-order valence-corrected chi connectivity index (χ4v) is 1.38. The summed E-state index contributed by atoms with van der Waals surface area (Å²) in [5.74, 6) is 0.146. The van der Waals surface area contributed by atoms with Crippen molar-refractivity contribution in [2.24, 2.45) is 10.3 Å². The molecule has 1 aromatic carbocycles. The van der Waals surface area contributed by atoms with Crippen LogP contribution in [0.25, 0.3) is 21.5 Å². The Morgan fingerprint density at radius 1 is 1.50 bits per heavy atom. The molecule has 0 bridgehead atoms. The highest BCUT2D eigenvalue weighted by molar-refractivity contribution is 5.78. The van der Waals surface area contributed by atoms with Gasteiger partial charge in [0.25, 0.3) is 0 Å². The summed E-state index contributed by atoms with van der Waals surface area (Å²) in [5.41, 5.74) is 12.5. The van der Waals surface area contributed by atoms with Crippen molar-refractivity contribution in [1.29, 1.82) is 0 Å². The molecule has 1 heterocycles. The number of benzene rings is 1. The maximum Gasteiger partial charge on any atom is 0.216 e. The van der Waals surface area contributed by atoms with Gasteiger partial charge in [-0.15, -0.1) is 4.91 Å². The SMILES string of the molecule is [N-]=[N+]=Nc1nc2ccccc2n1NCN=O. The van der Waals surface area contributed by atoms with Crippen LogP contribution in [0.1, 0.15) is 0 Å². The van der Waals surface area contributed by atoms with E-state index in [1.54, 1.807) is 12.1 Å². The predicted molar refractivity (Wildman–Crippen MR) is 58.6 cm³/mol. The van der Waals surface area contributed by atoms with E-state index in [1.807, 2.05) is 12.1 Å². The van der Waals surface area contributed by atoms with Crippen LogP contribution in [-0.2, 0) is 0 Å². The van der Waals surface area contributed by atoms with Gasteiger partial charge in [-0.05, 0) is 28.0 Å². The van der Waals surface area contributed by atoms with E-state index in [0.717, 1.165) is 0 Å². The minimum absolute atomic E-state index is 0.131. The van der Waals surface area contributed by atoms with E-state index in [-0.39, 0.29) is 12.6 Å². The Morgan fingerprint density at radius 2 is 2.31 bits per heavy atom. The Bertz CT molecular complexity index is 569. The summed E-state index contributed by atoms with van der Waals surface area (Å²) in [7, 11) is 0. The van der Waals surface area contributed by atoms with Crippen LogP contribution in [0.3, 0.4) is 0 Å². The number of hydrogen-bond acceptors (Lipinski definition) is 5. The predicted octanol–water partition coefficient (Wildman–Crippen LogP) is 2.25. The van der Waals surface area contributed by atoms with E-state index in [0.29, 0.717) is 11.0 Å². The smallest absolute Gasteiger partial charge is 0.216 e. The lowest BCUT2D eigenvalue weighted by Crippen LogP contribution is -2.13. The van der Waals surface area contributed by atoms with E-state index < -0.39 is 0 Å². The lowest BCUT2D eigenvalue weighted by molar-refractivity contribution is 0.866. The van der Waals surface area contributed by atoms with Gasteiger partial charge in [0.05, 0.1) is 11.0 Å². The van der Waals surface area contributed by atoms with Crippen molar-refractivity contribution in [3.05, 3.63) is 39.6 Å². The third-order valence-electron chi connectivity index (χ3n) is 1.97. The molecule has 16 heavy (non-hydrogen) atoms. The van der Waals surface area contributed by atoms with Crippen molar-refractivity contribution in [1.82, 2.24) is 9.66 Å². The van der Waals surface area contributed by atoms with E-state index in [9.17, 15) is 4.91 Å². The molecule has 2 rings (SSSR count). The summed E-state index contributed by atoms with van der Waals surface area (Å²) in [6.45, 7) is -0.131. The number of para-hydroxylation sites is 2. The molecule has 1 aromatic heterocycles. The molecule has 0 fully saturated rings. The Kier molecular flexibility index (Phi) is 2.66. The average Bonchev–Trinajstić information content (AvgIpc) is 2.65. The Balaban J connectivity index is 2.58. The van der Waals surface area contributed by atoms with Gasteiger partial charge in [0.15, 0.2) is 6.67 Å². The number of hydrogen-bond donors (Lipinski definition) is 1. The Morgan fingerprint density at radius 3 is 3.06 bits per heavy atom. The van der Waals surface area contributed by atoms with Gasteiger partial charge in [0.1, 0.15) is 0 Å². The lowest BCUT2D eigenvalue weighted by atomic mass is 10.3. The second-order valence-corrected chi connectivity index (χ2v) is 2.87. The van der Waals surface area contributed by atoms with E-state index in [4.69, 9.17) is 5.53 Å². The molecule has 0 atom stereocenters. The quantitative estimate of drug-likeness (QED) is 0.367. The minimum Gasteiger partial charge on any atom is -0.299 e. The number of nitrogens with zero attached hydrogens (tertiary/aromatic N) is 6. The van der Waals surface area contributed by atoms with E-state index in [1.165, 1.54) is 4.68 Å². The molecule has 0 unspecified atom stereocenters. The average molecular weight is 217 g/mol. The normalized spacial score (nSPS) is 9.75. The largest absolute Gasteiger partial charge is 0.299 e. The van der Waals surface area contributed by atoms with Crippen molar-refractivity contribution < 1.29 is 0 Å². The monoisotopic (exact) mass is 217 g/mol. The summed E-state index contributed by atoms with van der Waals surface area (Å²) >= 11 is 0. The lowest BCUT2D eigenvalue weighted by Gasteiger charge is -2.05. The number of nitroso groups, excluding NO2 is 1. The second-order valence-electron chi connectivity index (χ2n) is 2.87. The van der Waals surface area contributed by atoms with E-state index >= 15 is 0 Å². The summed E-state index contributed by atoms with van der Waals surface area (Å²) < 4.78 is 1.43. The standard InChI is InChI=1S/C8H7N7O/c9-14-13-8-12-6-3-1-2-4-7(6)15(8)10-5-11-16/h1-4,10H,5H2. The summed E-state index contributed by atoms with van der Waals surface area (Å²) in [6, 6.07) is 7.20. The van der Waals surface area contributed by atoms with Crippen LogP contribution in [0.5, 0.6) is 0 Å². The van der Waals surface area contributed by atoms with Crippen molar-refractivity contribution in [2.45, 2.75) is 0 Å². The topological polar surface area (TPSA) is 108 Å². The van der Waals surface area contributed by atoms with Crippen molar-refractivity contribution >= 4 is 17.0 Å². The second kappa shape index (κ2) is 4.28. The summed E-state index contributed by atoms with van der Waals surface area (Å²) in [6.07, 6.45) is 0. The van der Waals surface area contributed by atoms with Crippen molar-refractivity contribution in [3.63, 3.8) is 0 Å². The number of rotatable bonds is 4. The van der Waals surface area contributed by atoms with Gasteiger partial charge in [-0.3, -0.25) is 5.43 Å². The molecule has 1 N–H and O–H groups in total. The first-order valence-corrected chi connectivity index (χ1v) is 4.42. The molecule has 8 nitrogen and oxygen atoms in total. The van der Waals surface area contributed by atoms with Gasteiger partial charge >= 0.3 is 0 Å². The first-order valence-electron chi connectivity index (χ1n) is 4.42. The highest BCUT2D eigenvalue weighted by Gasteiger charge is 2.07. The maximum atomic E-state index is 10.1. The van der Waals surface area contributed by atoms with Crippen LogP contribution in [0, 0.1) is 4.91 Å². The summed E-state index contributed by atoms with van der Waals surface area (Å²) in [4.78, 5) is 16.8. The molecular weight excluding hydrogens is 210 g/mol. The van der Waals surface area contributed by atoms with Crippen LogP contribution in [0.4, 0.5) is 5.95 Å². The number of aromatic nitrogens is 2. The van der Waals surface area contributed by atoms with Crippen LogP contribution in [-0.4, -0.2) is 16.3 Å². The maximum absolute atomic E-state index is 10.1. The number of azide groups is 1. The van der Waals surface area contributed by atoms with Gasteiger partial charge in [0, 0.05) is 4.91 Å². The minimum atomic E-state index is -0.131. The first-order chi connectivity index (χ1) is 7.86. The van der Waals surface area contributed by atoms with Gasteiger partial charge in [0.2, 0.25) is 5.95 Å². The zero-order chi connectivity index (χ0) is 11.4. The molecule has 2 aromatic rings. The highest BCUT2D eigenvalue weighted by atomic mass is 16.3. The summed E-state index contributed by atoms with van der Waals surface area (Å²) in [5, 5.41) is 6.10. The van der Waals surface area contributed by atoms with Gasteiger partial charge in [-0.1, -0.05) is 12.1 Å². The molecule has 0 radical (unpaired) electrons. The third-order valence-corrected chi connectivity index (χ3v) is 1.97. The fraction of sp³-hybridized carbons (Fsp3) is 0.125. The van der Waals surface area contributed by atoms with Crippen molar-refractivity contribution in [3.8, 4) is 0 Å². The molecule has 0 aliphatic heterocycles. The third kappa shape index (κ3) is 1.64. The van der Waals surface area contributed by atoms with E-state index in [2.05, 4.69) is 25.6 Å². The van der Waals surface area contributed by atoms with Crippen LogP contribution in [0.15, 0.2) is 34.6 Å².